The number of rotatable bonds is 64. The van der Waals surface area contributed by atoms with Gasteiger partial charge in [-0.2, -0.15) is 0 Å². The molecule has 14 nitrogen and oxygen atoms in total. The average molecular weight is 1290 g/mol. The summed E-state index contributed by atoms with van der Waals surface area (Å²) in [5.74, 6) is -2.62. The van der Waals surface area contributed by atoms with Crippen molar-refractivity contribution in [2.24, 2.45) is 10.8 Å². The number of carboxylic acids is 4. The lowest BCUT2D eigenvalue weighted by atomic mass is 9.88. The summed E-state index contributed by atoms with van der Waals surface area (Å²) >= 11 is 0. The van der Waals surface area contributed by atoms with Crippen molar-refractivity contribution in [1.29, 1.82) is 0 Å². The fourth-order valence-electron chi connectivity index (χ4n) is 10.1. The van der Waals surface area contributed by atoms with Gasteiger partial charge >= 0.3 is 23.9 Å². The summed E-state index contributed by atoms with van der Waals surface area (Å²) in [6, 6.07) is 0. The number of hydrogen-bond acceptors (Lipinski definition) is 10. The first-order chi connectivity index (χ1) is 43.6. The molecular weight excluding hydrogens is 1140 g/mol. The molecule has 0 aromatic carbocycles. The van der Waals surface area contributed by atoms with E-state index < -0.39 is 34.7 Å². The zero-order valence-corrected chi connectivity index (χ0v) is 60.4. The van der Waals surface area contributed by atoms with Crippen LogP contribution >= 0.6 is 0 Å². The van der Waals surface area contributed by atoms with Crippen LogP contribution in [0.2, 0.25) is 0 Å². The highest BCUT2D eigenvalue weighted by Crippen LogP contribution is 2.21. The summed E-state index contributed by atoms with van der Waals surface area (Å²) in [7, 11) is 0. The standard InChI is InChI=1S/4C16H32O2.2C6H14O3/c4*1-2-3-4-5-6-7-8-9-10-11-12-13-14-15-16(17)18;2*1-2-6(3-7,4-8)5-9/h4*2-15H2,1H3,(H,17,18);2*7-9H,2-5H2,1H3. The maximum atomic E-state index is 10.3. The molecule has 0 aromatic rings. The molecule has 10 N–H and O–H groups in total. The van der Waals surface area contributed by atoms with E-state index >= 15 is 0 Å². The number of unbranched alkanes of at least 4 members (excludes halogenated alkanes) is 48. The summed E-state index contributed by atoms with van der Waals surface area (Å²) in [4.78, 5) is 41.2. The minimum atomic E-state index is -0.667. The zero-order chi connectivity index (χ0) is 68.6. The van der Waals surface area contributed by atoms with Crippen LogP contribution in [0.25, 0.3) is 0 Å². The molecule has 0 saturated heterocycles. The van der Waals surface area contributed by atoms with Crippen LogP contribution in [-0.2, 0) is 19.2 Å². The van der Waals surface area contributed by atoms with Gasteiger partial charge in [-0.3, -0.25) is 19.2 Å². The SMILES string of the molecule is CCC(CO)(CO)CO.CCC(CO)(CO)CO.CCCCCCCCCCCCCCCC(=O)O.CCCCCCCCCCCCCCCC(=O)O.CCCCCCCCCCCCCCCC(=O)O.CCCCCCCCCCCCCCCC(=O)O. The lowest BCUT2D eigenvalue weighted by Gasteiger charge is -2.24. The topological polar surface area (TPSA) is 271 Å². The van der Waals surface area contributed by atoms with E-state index in [-0.39, 0.29) is 39.6 Å². The third-order valence-corrected chi connectivity index (χ3v) is 17.5. The third-order valence-electron chi connectivity index (χ3n) is 17.5. The Morgan fingerprint density at radius 3 is 0.356 bits per heavy atom. The van der Waals surface area contributed by atoms with Gasteiger partial charge in [0.1, 0.15) is 0 Å². The summed E-state index contributed by atoms with van der Waals surface area (Å²) in [5.41, 5.74) is -1.33. The van der Waals surface area contributed by atoms with Gasteiger partial charge in [-0.25, -0.2) is 0 Å². The second kappa shape index (κ2) is 86.6. The Kier molecular flexibility index (Phi) is 95.0. The minimum absolute atomic E-state index is 0.156. The third kappa shape index (κ3) is 92.0. The molecule has 14 heteroatoms. The number of carbonyl (C=O) groups is 4. The average Bonchev–Trinajstić information content (AvgIpc) is 3.68. The van der Waals surface area contributed by atoms with Gasteiger partial charge in [-0.15, -0.1) is 0 Å². The predicted molar refractivity (Wildman–Crippen MR) is 380 cm³/mol. The van der Waals surface area contributed by atoms with Gasteiger partial charge < -0.3 is 51.1 Å². The Morgan fingerprint density at radius 1 is 0.189 bits per heavy atom. The first-order valence-electron chi connectivity index (χ1n) is 38.1. The molecule has 0 aliphatic heterocycles. The van der Waals surface area contributed by atoms with Crippen LogP contribution in [0.4, 0.5) is 0 Å². The van der Waals surface area contributed by atoms with Gasteiger partial charge in [0.15, 0.2) is 0 Å². The van der Waals surface area contributed by atoms with E-state index in [2.05, 4.69) is 27.7 Å². The zero-order valence-electron chi connectivity index (χ0n) is 60.4. The summed E-state index contributed by atoms with van der Waals surface area (Å²) < 4.78 is 0. The Bertz CT molecular complexity index is 1140. The van der Waals surface area contributed by atoms with Crippen molar-refractivity contribution in [2.45, 2.75) is 414 Å². The van der Waals surface area contributed by atoms with Gasteiger partial charge in [0.05, 0.1) is 39.6 Å². The van der Waals surface area contributed by atoms with Crippen molar-refractivity contribution in [3.8, 4) is 0 Å². The van der Waals surface area contributed by atoms with Crippen molar-refractivity contribution >= 4 is 23.9 Å². The smallest absolute Gasteiger partial charge is 0.303 e. The van der Waals surface area contributed by atoms with Crippen molar-refractivity contribution in [1.82, 2.24) is 0 Å². The molecule has 0 aromatic heterocycles. The van der Waals surface area contributed by atoms with E-state index in [0.29, 0.717) is 38.5 Å². The molecule has 0 saturated carbocycles. The fraction of sp³-hybridized carbons (Fsp3) is 0.947. The largest absolute Gasteiger partial charge is 0.481 e. The summed E-state index contributed by atoms with van der Waals surface area (Å²) in [6.45, 7) is 11.7. The molecule has 0 amide bonds. The number of aliphatic carboxylic acids is 4. The number of aliphatic hydroxyl groups excluding tert-OH is 6. The molecule has 0 unspecified atom stereocenters. The van der Waals surface area contributed by atoms with Crippen molar-refractivity contribution in [3.05, 3.63) is 0 Å². The maximum absolute atomic E-state index is 10.3. The lowest BCUT2D eigenvalue weighted by Crippen LogP contribution is -2.32. The van der Waals surface area contributed by atoms with Crippen LogP contribution in [0.3, 0.4) is 0 Å². The van der Waals surface area contributed by atoms with Crippen LogP contribution in [0, 0.1) is 10.8 Å². The van der Waals surface area contributed by atoms with E-state index in [0.717, 1.165) is 51.4 Å². The second-order valence-corrected chi connectivity index (χ2v) is 26.2. The predicted octanol–water partition coefficient (Wildman–Crippen LogP) is 20.9. The van der Waals surface area contributed by atoms with Crippen LogP contribution < -0.4 is 0 Å². The molecule has 0 fully saturated rings. The first-order valence-corrected chi connectivity index (χ1v) is 38.1. The van der Waals surface area contributed by atoms with E-state index in [4.69, 9.17) is 51.1 Å². The molecule has 544 valence electrons. The highest BCUT2D eigenvalue weighted by Gasteiger charge is 2.25. The fourth-order valence-corrected chi connectivity index (χ4v) is 10.1. The Hall–Kier alpha value is -2.36. The molecule has 0 aliphatic rings. The van der Waals surface area contributed by atoms with Gasteiger partial charge in [-0.1, -0.05) is 350 Å². The minimum Gasteiger partial charge on any atom is -0.481 e. The highest BCUT2D eigenvalue weighted by molar-refractivity contribution is 5.67. The molecule has 0 rings (SSSR count). The summed E-state index contributed by atoms with van der Waals surface area (Å²) in [6.07, 6.45) is 70.3. The van der Waals surface area contributed by atoms with Crippen molar-refractivity contribution in [3.63, 3.8) is 0 Å². The molecular formula is C76H156O14. The van der Waals surface area contributed by atoms with Gasteiger partial charge in [0.25, 0.3) is 0 Å². The van der Waals surface area contributed by atoms with Gasteiger partial charge in [0.2, 0.25) is 0 Å². The van der Waals surface area contributed by atoms with Crippen LogP contribution in [0.1, 0.15) is 414 Å². The molecule has 0 radical (unpaired) electrons. The molecule has 0 bridgehead atoms. The van der Waals surface area contributed by atoms with E-state index in [1.165, 1.54) is 283 Å². The molecule has 0 aliphatic carbocycles. The normalized spacial score (nSPS) is 11.0. The maximum Gasteiger partial charge on any atom is 0.303 e. The molecule has 0 spiro atoms. The first kappa shape index (κ1) is 98.7. The lowest BCUT2D eigenvalue weighted by molar-refractivity contribution is -0.138. The highest BCUT2D eigenvalue weighted by atomic mass is 16.4. The number of hydrogen-bond donors (Lipinski definition) is 10. The Labute approximate surface area is 556 Å². The van der Waals surface area contributed by atoms with E-state index in [1.54, 1.807) is 0 Å². The number of aliphatic hydroxyl groups is 6. The van der Waals surface area contributed by atoms with Gasteiger partial charge in [0, 0.05) is 36.5 Å². The van der Waals surface area contributed by atoms with Gasteiger partial charge in [-0.05, 0) is 38.5 Å². The number of carboxylic acid groups (broad SMARTS) is 4. The molecule has 0 heterocycles. The second-order valence-electron chi connectivity index (χ2n) is 26.2. The quantitative estimate of drug-likeness (QED) is 0.0254. The van der Waals surface area contributed by atoms with E-state index in [1.807, 2.05) is 13.8 Å². The monoisotopic (exact) mass is 1290 g/mol. The summed E-state index contributed by atoms with van der Waals surface area (Å²) in [5, 5.41) is 85.9. The van der Waals surface area contributed by atoms with E-state index in [9.17, 15) is 19.2 Å². The van der Waals surface area contributed by atoms with Crippen molar-refractivity contribution in [2.75, 3.05) is 39.6 Å². The van der Waals surface area contributed by atoms with Crippen LogP contribution in [-0.4, -0.2) is 115 Å². The Balaban J connectivity index is -0.000000240. The molecule has 0 atom stereocenters. The van der Waals surface area contributed by atoms with Crippen molar-refractivity contribution < 1.29 is 70.2 Å². The molecule has 90 heavy (non-hydrogen) atoms. The Morgan fingerprint density at radius 2 is 0.289 bits per heavy atom. The van der Waals surface area contributed by atoms with Crippen LogP contribution in [0.15, 0.2) is 0 Å². The van der Waals surface area contributed by atoms with Crippen LogP contribution in [0.5, 0.6) is 0 Å².